The minimum Gasteiger partial charge on any atom is -0.494 e. The normalized spacial score (nSPS) is 11.8. The first kappa shape index (κ1) is 13.5. The molecule has 0 spiro atoms. The highest BCUT2D eigenvalue weighted by molar-refractivity contribution is 7.09. The number of hydrogen-bond acceptors (Lipinski definition) is 4. The molecule has 1 heterocycles. The molecule has 19 heavy (non-hydrogen) atoms. The molecule has 1 atom stereocenters. The Labute approximate surface area is 115 Å². The van der Waals surface area contributed by atoms with Gasteiger partial charge in [0.25, 0.3) is 0 Å². The van der Waals surface area contributed by atoms with Crippen molar-refractivity contribution in [1.82, 2.24) is 5.32 Å². The highest BCUT2D eigenvalue weighted by Crippen LogP contribution is 2.22. The van der Waals surface area contributed by atoms with Crippen molar-refractivity contribution in [3.63, 3.8) is 0 Å². The van der Waals surface area contributed by atoms with Gasteiger partial charge in [0.2, 0.25) is 0 Å². The molecule has 2 aromatic rings. The van der Waals surface area contributed by atoms with Crippen LogP contribution >= 0.6 is 11.3 Å². The molecule has 0 radical (unpaired) electrons. The van der Waals surface area contributed by atoms with E-state index in [9.17, 15) is 4.39 Å². The quantitative estimate of drug-likeness (QED) is 0.911. The van der Waals surface area contributed by atoms with Crippen molar-refractivity contribution >= 4 is 11.3 Å². The zero-order valence-corrected chi connectivity index (χ0v) is 11.2. The van der Waals surface area contributed by atoms with Gasteiger partial charge < -0.3 is 4.74 Å². The molecule has 0 aliphatic carbocycles. The van der Waals surface area contributed by atoms with Crippen molar-refractivity contribution < 1.29 is 9.13 Å². The molecule has 0 aliphatic rings. The number of ether oxygens (including phenoxy) is 1. The lowest BCUT2D eigenvalue weighted by Crippen LogP contribution is -2.19. The summed E-state index contributed by atoms with van der Waals surface area (Å²) in [5.74, 6) is -0.281. The Morgan fingerprint density at radius 2 is 2.32 bits per heavy atom. The molecule has 1 unspecified atom stereocenters. The summed E-state index contributed by atoms with van der Waals surface area (Å²) in [6, 6.07) is 10.1. The monoisotopic (exact) mass is 276 g/mol. The van der Waals surface area contributed by atoms with E-state index >= 15 is 0 Å². The molecule has 0 amide bonds. The van der Waals surface area contributed by atoms with Crippen LogP contribution in [-0.2, 0) is 6.54 Å². The summed E-state index contributed by atoms with van der Waals surface area (Å²) in [4.78, 5) is 1.13. The van der Waals surface area contributed by atoms with E-state index in [1.54, 1.807) is 17.4 Å². The molecule has 0 saturated heterocycles. The molecule has 2 rings (SSSR count). The van der Waals surface area contributed by atoms with Crippen LogP contribution in [0.4, 0.5) is 4.39 Å². The Kier molecular flexibility index (Phi) is 4.50. The van der Waals surface area contributed by atoms with E-state index in [1.165, 1.54) is 19.2 Å². The number of nitrogens with zero attached hydrogens (tertiary/aromatic N) is 1. The van der Waals surface area contributed by atoms with Crippen molar-refractivity contribution in [2.24, 2.45) is 0 Å². The van der Waals surface area contributed by atoms with Gasteiger partial charge in [0.1, 0.15) is 6.04 Å². The fourth-order valence-electron chi connectivity index (χ4n) is 1.72. The first-order valence-corrected chi connectivity index (χ1v) is 6.61. The third-order valence-electron chi connectivity index (χ3n) is 2.70. The predicted octanol–water partition coefficient (Wildman–Crippen LogP) is 3.25. The first-order valence-electron chi connectivity index (χ1n) is 5.73. The number of nitriles is 1. The van der Waals surface area contributed by atoms with Crippen LogP contribution in [0.5, 0.6) is 5.75 Å². The van der Waals surface area contributed by atoms with E-state index in [4.69, 9.17) is 10.00 Å². The van der Waals surface area contributed by atoms with Crippen LogP contribution in [0.2, 0.25) is 0 Å². The average molecular weight is 276 g/mol. The summed E-state index contributed by atoms with van der Waals surface area (Å²) in [6.45, 7) is 0.587. The molecule has 1 aromatic carbocycles. The van der Waals surface area contributed by atoms with Crippen molar-refractivity contribution in [2.75, 3.05) is 7.11 Å². The number of nitrogens with one attached hydrogen (secondary N) is 1. The predicted molar refractivity (Wildman–Crippen MR) is 72.5 cm³/mol. The topological polar surface area (TPSA) is 45.0 Å². The Balaban J connectivity index is 2.09. The van der Waals surface area contributed by atoms with Gasteiger partial charge in [-0.15, -0.1) is 11.3 Å². The standard InChI is InChI=1S/C14H13FN2OS/c1-18-14-5-4-10(7-12(14)15)13(8-16)17-9-11-3-2-6-19-11/h2-7,13,17H,9H2,1H3. The van der Waals surface area contributed by atoms with Crippen LogP contribution in [0.3, 0.4) is 0 Å². The molecule has 0 fully saturated rings. The molecule has 3 nitrogen and oxygen atoms in total. The lowest BCUT2D eigenvalue weighted by molar-refractivity contribution is 0.386. The number of halogens is 1. The minimum absolute atomic E-state index is 0.179. The van der Waals surface area contributed by atoms with Gasteiger partial charge in [-0.25, -0.2) is 4.39 Å². The number of thiophene rings is 1. The summed E-state index contributed by atoms with van der Waals surface area (Å²) in [7, 11) is 1.41. The maximum atomic E-state index is 13.6. The van der Waals surface area contributed by atoms with Crippen LogP contribution < -0.4 is 10.1 Å². The molecule has 1 N–H and O–H groups in total. The number of benzene rings is 1. The largest absolute Gasteiger partial charge is 0.494 e. The lowest BCUT2D eigenvalue weighted by atomic mass is 10.1. The molecule has 0 aliphatic heterocycles. The first-order chi connectivity index (χ1) is 9.24. The molecule has 5 heteroatoms. The van der Waals surface area contributed by atoms with Crippen molar-refractivity contribution in [2.45, 2.75) is 12.6 Å². The van der Waals surface area contributed by atoms with Gasteiger partial charge >= 0.3 is 0 Å². The molecule has 0 saturated carbocycles. The second kappa shape index (κ2) is 6.32. The zero-order valence-electron chi connectivity index (χ0n) is 10.4. The second-order valence-corrected chi connectivity index (χ2v) is 4.95. The molecule has 1 aromatic heterocycles. The Morgan fingerprint density at radius 3 is 2.89 bits per heavy atom. The third kappa shape index (κ3) is 3.31. The summed E-state index contributed by atoms with van der Waals surface area (Å²) in [6.07, 6.45) is 0. The molecular formula is C14H13FN2OS. The third-order valence-corrected chi connectivity index (χ3v) is 3.58. The van der Waals surface area contributed by atoms with Crippen LogP contribution in [0, 0.1) is 17.1 Å². The van der Waals surface area contributed by atoms with Crippen LogP contribution in [0.15, 0.2) is 35.7 Å². The lowest BCUT2D eigenvalue weighted by Gasteiger charge is -2.12. The Morgan fingerprint density at radius 1 is 1.47 bits per heavy atom. The van der Waals surface area contributed by atoms with Crippen LogP contribution in [-0.4, -0.2) is 7.11 Å². The van der Waals surface area contributed by atoms with Gasteiger partial charge in [0.15, 0.2) is 11.6 Å². The van der Waals surface area contributed by atoms with E-state index < -0.39 is 11.9 Å². The number of rotatable bonds is 5. The van der Waals surface area contributed by atoms with Gasteiger partial charge in [0.05, 0.1) is 13.2 Å². The highest BCUT2D eigenvalue weighted by Gasteiger charge is 2.13. The summed E-state index contributed by atoms with van der Waals surface area (Å²) in [5.41, 5.74) is 0.595. The van der Waals surface area contributed by atoms with Crippen molar-refractivity contribution in [1.29, 1.82) is 5.26 Å². The van der Waals surface area contributed by atoms with E-state index in [0.29, 0.717) is 12.1 Å². The molecular weight excluding hydrogens is 263 g/mol. The second-order valence-electron chi connectivity index (χ2n) is 3.92. The minimum atomic E-state index is -0.539. The van der Waals surface area contributed by atoms with E-state index in [1.807, 2.05) is 17.5 Å². The summed E-state index contributed by atoms with van der Waals surface area (Å²) in [5, 5.41) is 14.2. The van der Waals surface area contributed by atoms with Crippen LogP contribution in [0.25, 0.3) is 0 Å². The van der Waals surface area contributed by atoms with Gasteiger partial charge in [-0.3, -0.25) is 5.32 Å². The zero-order chi connectivity index (χ0) is 13.7. The Bertz CT molecular complexity index is 578. The van der Waals surface area contributed by atoms with Gasteiger partial charge in [-0.2, -0.15) is 5.26 Å². The molecule has 98 valence electrons. The fourth-order valence-corrected chi connectivity index (χ4v) is 2.37. The van der Waals surface area contributed by atoms with E-state index in [0.717, 1.165) is 4.88 Å². The maximum Gasteiger partial charge on any atom is 0.165 e. The van der Waals surface area contributed by atoms with Gasteiger partial charge in [0, 0.05) is 11.4 Å². The Hall–Kier alpha value is -1.90. The van der Waals surface area contributed by atoms with Gasteiger partial charge in [-0.05, 0) is 29.1 Å². The SMILES string of the molecule is COc1ccc(C(C#N)NCc2cccs2)cc1F. The average Bonchev–Trinajstić information content (AvgIpc) is 2.93. The van der Waals surface area contributed by atoms with Crippen LogP contribution in [0.1, 0.15) is 16.5 Å². The fraction of sp³-hybridized carbons (Fsp3) is 0.214. The number of methoxy groups -OCH3 is 1. The molecule has 0 bridgehead atoms. The smallest absolute Gasteiger partial charge is 0.165 e. The number of hydrogen-bond donors (Lipinski definition) is 1. The van der Waals surface area contributed by atoms with Crippen molar-refractivity contribution in [3.05, 3.63) is 52.0 Å². The van der Waals surface area contributed by atoms with E-state index in [2.05, 4.69) is 11.4 Å². The summed E-state index contributed by atoms with van der Waals surface area (Å²) >= 11 is 1.61. The highest BCUT2D eigenvalue weighted by atomic mass is 32.1. The van der Waals surface area contributed by atoms with Crippen molar-refractivity contribution in [3.8, 4) is 11.8 Å². The summed E-state index contributed by atoms with van der Waals surface area (Å²) < 4.78 is 18.5. The maximum absolute atomic E-state index is 13.6. The van der Waals surface area contributed by atoms with E-state index in [-0.39, 0.29) is 5.75 Å². The van der Waals surface area contributed by atoms with Gasteiger partial charge in [-0.1, -0.05) is 12.1 Å².